The lowest BCUT2D eigenvalue weighted by molar-refractivity contribution is -0.124. The molecule has 0 bridgehead atoms. The summed E-state index contributed by atoms with van der Waals surface area (Å²) in [6, 6.07) is 6.52. The highest BCUT2D eigenvalue weighted by Gasteiger charge is 2.22. The molecule has 0 heterocycles. The average Bonchev–Trinajstić information content (AvgIpc) is 2.50. The highest BCUT2D eigenvalue weighted by Crippen LogP contribution is 2.13. The molecule has 21 heavy (non-hydrogen) atoms. The van der Waals surface area contributed by atoms with Crippen LogP contribution in [0.25, 0.3) is 0 Å². The van der Waals surface area contributed by atoms with Gasteiger partial charge in [-0.05, 0) is 43.4 Å². The first kappa shape index (κ1) is 17.6. The molecule has 0 aliphatic heterocycles. The number of nitrogens with two attached hydrogens (primary N) is 1. The molecule has 1 aromatic carbocycles. The fourth-order valence-corrected chi connectivity index (χ4v) is 2.14. The molecular weight excluding hydrogens is 267 g/mol. The summed E-state index contributed by atoms with van der Waals surface area (Å²) in [5.74, 6) is -0.322. The predicted octanol–water partition coefficient (Wildman–Crippen LogP) is 3.03. The zero-order chi connectivity index (χ0) is 15.9. The van der Waals surface area contributed by atoms with Crippen molar-refractivity contribution in [2.45, 2.75) is 52.0 Å². The summed E-state index contributed by atoms with van der Waals surface area (Å²) >= 11 is 0. The van der Waals surface area contributed by atoms with Crippen LogP contribution in [0, 0.1) is 11.7 Å². The summed E-state index contributed by atoms with van der Waals surface area (Å²) < 4.78 is 13.1. The summed E-state index contributed by atoms with van der Waals surface area (Å²) in [4.78, 5) is 12.1. The van der Waals surface area contributed by atoms with Crippen molar-refractivity contribution in [3.05, 3.63) is 35.6 Å². The molecular formula is C17H27FN2O. The van der Waals surface area contributed by atoms with Crippen LogP contribution in [0.3, 0.4) is 0 Å². The van der Waals surface area contributed by atoms with Crippen molar-refractivity contribution in [1.29, 1.82) is 0 Å². The molecule has 1 aromatic rings. The fourth-order valence-electron chi connectivity index (χ4n) is 2.14. The normalized spacial score (nSPS) is 13.0. The smallest absolute Gasteiger partial charge is 0.222 e. The molecule has 0 radical (unpaired) electrons. The van der Waals surface area contributed by atoms with Gasteiger partial charge in [-0.1, -0.05) is 32.9 Å². The van der Waals surface area contributed by atoms with Crippen LogP contribution in [0.1, 0.15) is 45.6 Å². The molecule has 3 nitrogen and oxygen atoms in total. The molecule has 0 saturated carbocycles. The van der Waals surface area contributed by atoms with E-state index in [2.05, 4.69) is 5.32 Å². The summed E-state index contributed by atoms with van der Waals surface area (Å²) in [6.45, 7) is 6.46. The maximum absolute atomic E-state index is 13.1. The number of benzene rings is 1. The third kappa shape index (κ3) is 5.84. The highest BCUT2D eigenvalue weighted by atomic mass is 19.1. The van der Waals surface area contributed by atoms with Gasteiger partial charge in [0.25, 0.3) is 0 Å². The van der Waals surface area contributed by atoms with Gasteiger partial charge >= 0.3 is 0 Å². The minimum atomic E-state index is -0.321. The minimum absolute atomic E-state index is 0.0168. The van der Waals surface area contributed by atoms with E-state index >= 15 is 0 Å². The standard InChI is InChI=1S/C17H27FN2O/c1-4-17(19,5-2)12-20-16(21)13(3)9-10-14-7-6-8-15(18)11-14/h6-8,11,13H,4-5,9-10,12,19H2,1-3H3,(H,20,21). The van der Waals surface area contributed by atoms with Crippen LogP contribution in [0.15, 0.2) is 24.3 Å². The molecule has 0 saturated heterocycles. The fraction of sp³-hybridized carbons (Fsp3) is 0.588. The Morgan fingerprint density at radius 2 is 2.05 bits per heavy atom. The first-order chi connectivity index (χ1) is 9.90. The Morgan fingerprint density at radius 3 is 2.62 bits per heavy atom. The van der Waals surface area contributed by atoms with Crippen molar-refractivity contribution < 1.29 is 9.18 Å². The van der Waals surface area contributed by atoms with Gasteiger partial charge in [-0.3, -0.25) is 4.79 Å². The van der Waals surface area contributed by atoms with E-state index in [9.17, 15) is 9.18 Å². The van der Waals surface area contributed by atoms with Crippen molar-refractivity contribution in [1.82, 2.24) is 5.32 Å². The summed E-state index contributed by atoms with van der Waals surface area (Å²) in [6.07, 6.45) is 3.07. The Morgan fingerprint density at radius 1 is 1.38 bits per heavy atom. The molecule has 0 spiro atoms. The van der Waals surface area contributed by atoms with E-state index in [0.29, 0.717) is 19.4 Å². The molecule has 1 amide bonds. The Hall–Kier alpha value is -1.42. The van der Waals surface area contributed by atoms with Gasteiger partial charge in [0, 0.05) is 18.0 Å². The number of carbonyl (C=O) groups excluding carboxylic acids is 1. The first-order valence-corrected chi connectivity index (χ1v) is 7.71. The molecule has 0 fully saturated rings. The third-order valence-electron chi connectivity index (χ3n) is 4.23. The zero-order valence-corrected chi connectivity index (χ0v) is 13.3. The first-order valence-electron chi connectivity index (χ1n) is 7.71. The van der Waals surface area contributed by atoms with Gasteiger partial charge in [-0.15, -0.1) is 0 Å². The second kappa shape index (κ2) is 8.13. The lowest BCUT2D eigenvalue weighted by Crippen LogP contribution is -2.50. The largest absolute Gasteiger partial charge is 0.354 e. The van der Waals surface area contributed by atoms with Crippen LogP contribution in [0.4, 0.5) is 4.39 Å². The maximum atomic E-state index is 13.1. The monoisotopic (exact) mass is 294 g/mol. The van der Waals surface area contributed by atoms with Crippen molar-refractivity contribution in [2.24, 2.45) is 11.7 Å². The second-order valence-electron chi connectivity index (χ2n) is 5.86. The van der Waals surface area contributed by atoms with Gasteiger partial charge in [0.2, 0.25) is 5.91 Å². The van der Waals surface area contributed by atoms with E-state index in [1.807, 2.05) is 26.8 Å². The van der Waals surface area contributed by atoms with Crippen LogP contribution in [-0.2, 0) is 11.2 Å². The van der Waals surface area contributed by atoms with Crippen LogP contribution in [0.5, 0.6) is 0 Å². The van der Waals surface area contributed by atoms with Gasteiger partial charge in [0.05, 0.1) is 0 Å². The van der Waals surface area contributed by atoms with Gasteiger partial charge in [0.15, 0.2) is 0 Å². The predicted molar refractivity (Wildman–Crippen MR) is 84.4 cm³/mol. The quantitative estimate of drug-likeness (QED) is 0.774. The number of halogens is 1. The Kier molecular flexibility index (Phi) is 6.82. The molecule has 0 aromatic heterocycles. The van der Waals surface area contributed by atoms with Crippen LogP contribution in [-0.4, -0.2) is 18.0 Å². The number of amides is 1. The van der Waals surface area contributed by atoms with E-state index < -0.39 is 0 Å². The maximum Gasteiger partial charge on any atom is 0.222 e. The number of aryl methyl sites for hydroxylation is 1. The number of carbonyl (C=O) groups is 1. The highest BCUT2D eigenvalue weighted by molar-refractivity contribution is 5.78. The molecule has 0 aliphatic rings. The average molecular weight is 294 g/mol. The minimum Gasteiger partial charge on any atom is -0.354 e. The van der Waals surface area contributed by atoms with Crippen LogP contribution < -0.4 is 11.1 Å². The lowest BCUT2D eigenvalue weighted by atomic mass is 9.93. The Bertz CT molecular complexity index is 458. The third-order valence-corrected chi connectivity index (χ3v) is 4.23. The molecule has 1 unspecified atom stereocenters. The van der Waals surface area contributed by atoms with E-state index in [1.165, 1.54) is 12.1 Å². The molecule has 3 N–H and O–H groups in total. The summed E-state index contributed by atoms with van der Waals surface area (Å²) in [5.41, 5.74) is 6.77. The molecule has 0 aliphatic carbocycles. The topological polar surface area (TPSA) is 55.1 Å². The van der Waals surface area contributed by atoms with Gasteiger partial charge in [0.1, 0.15) is 5.82 Å². The van der Waals surface area contributed by atoms with Crippen LogP contribution in [0.2, 0.25) is 0 Å². The number of nitrogens with one attached hydrogen (secondary N) is 1. The Balaban J connectivity index is 2.41. The van der Waals surface area contributed by atoms with E-state index in [4.69, 9.17) is 5.73 Å². The summed E-state index contributed by atoms with van der Waals surface area (Å²) in [7, 11) is 0. The van der Waals surface area contributed by atoms with E-state index in [0.717, 1.165) is 18.4 Å². The van der Waals surface area contributed by atoms with Gasteiger partial charge < -0.3 is 11.1 Å². The van der Waals surface area contributed by atoms with Crippen molar-refractivity contribution in [3.63, 3.8) is 0 Å². The second-order valence-corrected chi connectivity index (χ2v) is 5.86. The van der Waals surface area contributed by atoms with Crippen molar-refractivity contribution >= 4 is 5.91 Å². The summed E-state index contributed by atoms with van der Waals surface area (Å²) in [5, 5.41) is 2.93. The number of hydrogen-bond acceptors (Lipinski definition) is 2. The van der Waals surface area contributed by atoms with Crippen molar-refractivity contribution in [2.75, 3.05) is 6.54 Å². The van der Waals surface area contributed by atoms with E-state index in [-0.39, 0.29) is 23.2 Å². The van der Waals surface area contributed by atoms with E-state index in [1.54, 1.807) is 6.07 Å². The molecule has 1 atom stereocenters. The number of rotatable bonds is 8. The molecule has 4 heteroatoms. The van der Waals surface area contributed by atoms with Gasteiger partial charge in [-0.25, -0.2) is 4.39 Å². The van der Waals surface area contributed by atoms with Gasteiger partial charge in [-0.2, -0.15) is 0 Å². The van der Waals surface area contributed by atoms with Crippen LogP contribution >= 0.6 is 0 Å². The van der Waals surface area contributed by atoms with Crippen molar-refractivity contribution in [3.8, 4) is 0 Å². The zero-order valence-electron chi connectivity index (χ0n) is 13.3. The Labute approximate surface area is 127 Å². The lowest BCUT2D eigenvalue weighted by Gasteiger charge is -2.27. The number of hydrogen-bond donors (Lipinski definition) is 2. The molecule has 1 rings (SSSR count). The molecule has 118 valence electrons. The SMILES string of the molecule is CCC(N)(CC)CNC(=O)C(C)CCc1cccc(F)c1.